The van der Waals surface area contributed by atoms with Gasteiger partial charge >= 0.3 is 17.9 Å². The van der Waals surface area contributed by atoms with Crippen LogP contribution in [0.1, 0.15) is 93.8 Å². The van der Waals surface area contributed by atoms with Crippen LogP contribution in [0.5, 0.6) is 11.5 Å². The SMILES string of the molecule is CCCCC1CCSS1.CCOC(=O)c1cc(=O)c2c(OCC(COc3cccc4oc(C(=O)OCC)cc(=O)c34)OC(=O)C(N)CCCCN=C(C)N)cccc2o1. The lowest BCUT2D eigenvalue weighted by Crippen LogP contribution is -2.39. The van der Waals surface area contributed by atoms with E-state index in [-0.39, 0.29) is 71.4 Å². The molecule has 17 heteroatoms. The Balaban J connectivity index is 0.000000753. The highest BCUT2D eigenvalue weighted by molar-refractivity contribution is 8.77. The van der Waals surface area contributed by atoms with Gasteiger partial charge in [0.1, 0.15) is 52.7 Å². The van der Waals surface area contributed by atoms with E-state index >= 15 is 0 Å². The summed E-state index contributed by atoms with van der Waals surface area (Å²) in [5, 5.41) is 1.08. The van der Waals surface area contributed by atoms with E-state index < -0.39 is 40.9 Å². The van der Waals surface area contributed by atoms with Crippen molar-refractivity contribution in [1.29, 1.82) is 0 Å². The zero-order chi connectivity index (χ0) is 42.7. The summed E-state index contributed by atoms with van der Waals surface area (Å²) in [6, 6.07) is 10.2. The van der Waals surface area contributed by atoms with Crippen LogP contribution < -0.4 is 31.8 Å². The third-order valence-electron chi connectivity index (χ3n) is 8.71. The summed E-state index contributed by atoms with van der Waals surface area (Å²) in [7, 11) is 4.15. The van der Waals surface area contributed by atoms with Crippen LogP contribution >= 0.6 is 21.6 Å². The minimum Gasteiger partial charge on any atom is -0.489 e. The molecule has 0 amide bonds. The van der Waals surface area contributed by atoms with Gasteiger partial charge in [-0.05, 0) is 77.1 Å². The Morgan fingerprint density at radius 2 is 1.41 bits per heavy atom. The van der Waals surface area contributed by atoms with E-state index in [1.807, 2.05) is 10.8 Å². The maximum Gasteiger partial charge on any atom is 0.374 e. The van der Waals surface area contributed by atoms with Crippen molar-refractivity contribution in [3.8, 4) is 11.5 Å². The van der Waals surface area contributed by atoms with Gasteiger partial charge in [0.05, 0.1) is 19.0 Å². The molecule has 1 aliphatic heterocycles. The molecule has 4 N–H and O–H groups in total. The van der Waals surface area contributed by atoms with E-state index in [2.05, 4.69) is 22.7 Å². The Bertz CT molecular complexity index is 2040. The third-order valence-corrected chi connectivity index (χ3v) is 11.7. The number of nitrogens with two attached hydrogens (primary N) is 2. The van der Waals surface area contributed by atoms with Crippen molar-refractivity contribution in [2.24, 2.45) is 16.5 Å². The first kappa shape index (κ1) is 46.7. The van der Waals surface area contributed by atoms with Gasteiger partial charge in [0.15, 0.2) is 17.0 Å². The highest BCUT2D eigenvalue weighted by atomic mass is 33.1. The molecule has 2 atom stereocenters. The van der Waals surface area contributed by atoms with Gasteiger partial charge in [-0.25, -0.2) is 9.59 Å². The van der Waals surface area contributed by atoms with Gasteiger partial charge in [-0.3, -0.25) is 19.4 Å². The molecule has 1 saturated heterocycles. The smallest absolute Gasteiger partial charge is 0.374 e. The molecule has 320 valence electrons. The van der Waals surface area contributed by atoms with Crippen LogP contribution in [0.25, 0.3) is 21.9 Å². The molecule has 0 saturated carbocycles. The molecule has 3 heterocycles. The number of ether oxygens (including phenoxy) is 5. The number of aliphatic imine (C=N–C) groups is 1. The van der Waals surface area contributed by atoms with Crippen LogP contribution in [0.3, 0.4) is 0 Å². The number of hydrogen-bond acceptors (Lipinski definition) is 16. The Labute approximate surface area is 350 Å². The van der Waals surface area contributed by atoms with Gasteiger partial charge in [-0.2, -0.15) is 0 Å². The summed E-state index contributed by atoms with van der Waals surface area (Å²) in [6.45, 7) is 7.26. The molecule has 0 bridgehead atoms. The second-order valence-corrected chi connectivity index (χ2v) is 16.2. The molecule has 5 rings (SSSR count). The molecule has 0 aliphatic carbocycles. The van der Waals surface area contributed by atoms with Gasteiger partial charge in [0, 0.05) is 29.7 Å². The summed E-state index contributed by atoms with van der Waals surface area (Å²) < 4.78 is 38.7. The Hall–Kier alpha value is -5.00. The topological polar surface area (TPSA) is 222 Å². The number of rotatable bonds is 20. The number of unbranched alkanes of at least 4 members (excludes halogenated alkanes) is 2. The molecule has 15 nitrogen and oxygen atoms in total. The van der Waals surface area contributed by atoms with Crippen LogP contribution in [0, 0.1) is 0 Å². The number of fused-ring (bicyclic) bond motifs is 2. The molecule has 2 unspecified atom stereocenters. The minimum atomic E-state index is -1.10. The number of amidine groups is 1. The number of esters is 3. The predicted octanol–water partition coefficient (Wildman–Crippen LogP) is 6.83. The van der Waals surface area contributed by atoms with E-state index in [0.717, 1.165) is 17.4 Å². The van der Waals surface area contributed by atoms with Crippen LogP contribution in [0.4, 0.5) is 0 Å². The molecular formula is C42H53N3O12S2. The zero-order valence-electron chi connectivity index (χ0n) is 33.9. The van der Waals surface area contributed by atoms with Crippen molar-refractivity contribution in [1.82, 2.24) is 0 Å². The minimum absolute atomic E-state index is 0.0442. The number of carbonyl (C=O) groups is 3. The van der Waals surface area contributed by atoms with Gasteiger partial charge in [0.25, 0.3) is 0 Å². The molecule has 1 fully saturated rings. The lowest BCUT2D eigenvalue weighted by Gasteiger charge is -2.21. The average Bonchev–Trinajstić information content (AvgIpc) is 3.74. The summed E-state index contributed by atoms with van der Waals surface area (Å²) in [5.41, 5.74) is 10.7. The molecule has 59 heavy (non-hydrogen) atoms. The molecule has 2 aromatic carbocycles. The summed E-state index contributed by atoms with van der Waals surface area (Å²) in [4.78, 5) is 67.6. The van der Waals surface area contributed by atoms with Crippen molar-refractivity contribution in [2.45, 2.75) is 90.0 Å². The number of nitrogens with zero attached hydrogens (tertiary/aromatic N) is 1. The highest BCUT2D eigenvalue weighted by Gasteiger charge is 2.24. The second-order valence-electron chi connectivity index (χ2n) is 13.4. The van der Waals surface area contributed by atoms with Crippen molar-refractivity contribution < 1.29 is 46.9 Å². The normalized spacial score (nSPS) is 14.4. The van der Waals surface area contributed by atoms with Crippen molar-refractivity contribution in [3.05, 3.63) is 80.5 Å². The van der Waals surface area contributed by atoms with Gasteiger partial charge in [-0.15, -0.1) is 0 Å². The second kappa shape index (κ2) is 24.2. The first-order chi connectivity index (χ1) is 28.4. The van der Waals surface area contributed by atoms with Crippen LogP contribution in [0.15, 0.2) is 71.9 Å². The number of carbonyl (C=O) groups excluding carboxylic acids is 3. The monoisotopic (exact) mass is 855 g/mol. The zero-order valence-corrected chi connectivity index (χ0v) is 35.5. The van der Waals surface area contributed by atoms with E-state index in [9.17, 15) is 24.0 Å². The molecule has 0 spiro atoms. The first-order valence-electron chi connectivity index (χ1n) is 19.7. The quantitative estimate of drug-likeness (QED) is 0.0232. The Kier molecular flexibility index (Phi) is 19.1. The molecule has 1 aliphatic rings. The molecule has 0 radical (unpaired) electrons. The summed E-state index contributed by atoms with van der Waals surface area (Å²) >= 11 is 0. The van der Waals surface area contributed by atoms with Crippen molar-refractivity contribution >= 4 is 67.3 Å². The number of benzene rings is 2. The predicted molar refractivity (Wildman–Crippen MR) is 230 cm³/mol. The fourth-order valence-corrected chi connectivity index (χ4v) is 8.81. The Morgan fingerprint density at radius 3 is 1.88 bits per heavy atom. The maximum absolute atomic E-state index is 13.1. The fraction of sp³-hybridized carbons (Fsp3) is 0.476. The Morgan fingerprint density at radius 1 is 0.847 bits per heavy atom. The van der Waals surface area contributed by atoms with E-state index in [4.69, 9.17) is 44.0 Å². The summed E-state index contributed by atoms with van der Waals surface area (Å²) in [6.07, 6.45) is 6.16. The average molecular weight is 856 g/mol. The van der Waals surface area contributed by atoms with Gasteiger partial charge in [0.2, 0.25) is 11.5 Å². The van der Waals surface area contributed by atoms with Crippen molar-refractivity contribution in [2.75, 3.05) is 38.7 Å². The lowest BCUT2D eigenvalue weighted by molar-refractivity contribution is -0.154. The van der Waals surface area contributed by atoms with E-state index in [0.29, 0.717) is 31.6 Å². The van der Waals surface area contributed by atoms with E-state index in [1.165, 1.54) is 55.7 Å². The molecule has 2 aromatic heterocycles. The van der Waals surface area contributed by atoms with Gasteiger partial charge < -0.3 is 44.0 Å². The fourth-order valence-electron chi connectivity index (χ4n) is 5.78. The van der Waals surface area contributed by atoms with Crippen LogP contribution in [-0.4, -0.2) is 79.9 Å². The van der Waals surface area contributed by atoms with Crippen LogP contribution in [0.2, 0.25) is 0 Å². The first-order valence-corrected chi connectivity index (χ1v) is 22.1. The standard InChI is InChI=1S/C35H39N3O12.C7H14S2/c1-4-44-34(42)29-16-23(39)31-25(11-8-13-27(31)49-29)46-18-21(48-33(41)22(37)10-6-7-15-38-20(3)36)19-47-26-12-9-14-28-32(26)24(40)17-30(50-28)35(43)45-5-2;1-2-3-4-7-5-6-8-9-7/h8-9,11-14,16-17,21-22H,4-7,10,15,18-19,37H2,1-3H3,(H2,36,38);7H,2-6H2,1H3. The third kappa shape index (κ3) is 14.4. The number of hydrogen-bond donors (Lipinski definition) is 2. The van der Waals surface area contributed by atoms with E-state index in [1.54, 1.807) is 32.9 Å². The lowest BCUT2D eigenvalue weighted by atomic mass is 10.1. The highest BCUT2D eigenvalue weighted by Crippen LogP contribution is 2.39. The van der Waals surface area contributed by atoms with Crippen molar-refractivity contribution in [3.63, 3.8) is 0 Å². The van der Waals surface area contributed by atoms with Crippen LogP contribution in [-0.2, 0) is 19.0 Å². The maximum atomic E-state index is 13.1. The molecular weight excluding hydrogens is 803 g/mol. The largest absolute Gasteiger partial charge is 0.489 e. The van der Waals surface area contributed by atoms with Gasteiger partial charge in [-0.1, -0.05) is 53.5 Å². The molecule has 4 aromatic rings. The summed E-state index contributed by atoms with van der Waals surface area (Å²) in [5.74, 6) is -0.824.